The molecule has 1 heterocycles. The number of nitrogens with zero attached hydrogens (tertiary/aromatic N) is 1. The molecule has 0 aliphatic carbocycles. The van der Waals surface area contributed by atoms with Crippen LogP contribution in [0, 0.1) is 5.41 Å². The highest BCUT2D eigenvalue weighted by molar-refractivity contribution is 5.88. The molecule has 4 heteroatoms. The Morgan fingerprint density at radius 2 is 1.92 bits per heavy atom. The van der Waals surface area contributed by atoms with Crippen LogP contribution in [0.2, 0.25) is 0 Å². The van der Waals surface area contributed by atoms with Crippen LogP contribution < -0.4 is 5.32 Å². The standard InChI is InChI=1S/C21H32N2O2/c1-16(12-13-17-9-6-5-7-10-17)22-20(25)18-11-8-14-23(18)19(24)15-21(2,3)4/h5-7,9-10,16,18H,8,11-15H2,1-4H3,(H,22,25)/t16-,18+/m1/s1. The fourth-order valence-corrected chi connectivity index (χ4v) is 3.33. The van der Waals surface area contributed by atoms with Crippen molar-refractivity contribution in [1.29, 1.82) is 0 Å². The molecule has 1 aliphatic rings. The molecule has 0 unspecified atom stereocenters. The zero-order valence-electron chi connectivity index (χ0n) is 16.0. The number of benzene rings is 1. The van der Waals surface area contributed by atoms with E-state index in [2.05, 4.69) is 38.2 Å². The van der Waals surface area contributed by atoms with Crippen molar-refractivity contribution in [1.82, 2.24) is 10.2 Å². The molecule has 2 atom stereocenters. The van der Waals surface area contributed by atoms with E-state index in [1.807, 2.05) is 25.1 Å². The summed E-state index contributed by atoms with van der Waals surface area (Å²) in [5.41, 5.74) is 1.23. The van der Waals surface area contributed by atoms with Crippen LogP contribution in [0.1, 0.15) is 58.9 Å². The summed E-state index contributed by atoms with van der Waals surface area (Å²) < 4.78 is 0. The third kappa shape index (κ3) is 6.18. The van der Waals surface area contributed by atoms with Crippen molar-refractivity contribution in [2.75, 3.05) is 6.54 Å². The highest BCUT2D eigenvalue weighted by Gasteiger charge is 2.35. The maximum Gasteiger partial charge on any atom is 0.243 e. The van der Waals surface area contributed by atoms with Gasteiger partial charge in [-0.25, -0.2) is 0 Å². The molecule has 4 nitrogen and oxygen atoms in total. The summed E-state index contributed by atoms with van der Waals surface area (Å²) in [6, 6.07) is 10.1. The number of carbonyl (C=O) groups excluding carboxylic acids is 2. The largest absolute Gasteiger partial charge is 0.352 e. The average molecular weight is 344 g/mol. The molecule has 0 radical (unpaired) electrons. The highest BCUT2D eigenvalue weighted by atomic mass is 16.2. The van der Waals surface area contributed by atoms with Gasteiger partial charge < -0.3 is 10.2 Å². The van der Waals surface area contributed by atoms with Gasteiger partial charge in [-0.2, -0.15) is 0 Å². The van der Waals surface area contributed by atoms with Crippen LogP contribution in [-0.2, 0) is 16.0 Å². The fourth-order valence-electron chi connectivity index (χ4n) is 3.33. The number of amides is 2. The Bertz CT molecular complexity index is 577. The van der Waals surface area contributed by atoms with Gasteiger partial charge in [0.1, 0.15) is 6.04 Å². The van der Waals surface area contributed by atoms with Crippen LogP contribution in [0.25, 0.3) is 0 Å². The minimum atomic E-state index is -0.297. The molecule has 2 rings (SSSR count). The lowest BCUT2D eigenvalue weighted by Gasteiger charge is -2.28. The van der Waals surface area contributed by atoms with Crippen molar-refractivity contribution in [2.45, 2.75) is 71.9 Å². The van der Waals surface area contributed by atoms with E-state index >= 15 is 0 Å². The monoisotopic (exact) mass is 344 g/mol. The molecule has 0 spiro atoms. The topological polar surface area (TPSA) is 49.4 Å². The lowest BCUT2D eigenvalue weighted by molar-refractivity contribution is -0.140. The van der Waals surface area contributed by atoms with E-state index in [0.717, 1.165) is 25.7 Å². The maximum atomic E-state index is 12.6. The molecule has 1 aromatic carbocycles. The minimum Gasteiger partial charge on any atom is -0.352 e. The van der Waals surface area contributed by atoms with Gasteiger partial charge in [0.2, 0.25) is 11.8 Å². The maximum absolute atomic E-state index is 12.6. The van der Waals surface area contributed by atoms with E-state index in [9.17, 15) is 9.59 Å². The first-order chi connectivity index (χ1) is 11.8. The Labute approximate surface area is 152 Å². The number of aryl methyl sites for hydroxylation is 1. The normalized spacial score (nSPS) is 18.9. The Hall–Kier alpha value is -1.84. The van der Waals surface area contributed by atoms with Crippen molar-refractivity contribution >= 4 is 11.8 Å². The second-order valence-electron chi connectivity index (χ2n) is 8.42. The smallest absolute Gasteiger partial charge is 0.243 e. The van der Waals surface area contributed by atoms with E-state index in [1.165, 1.54) is 5.56 Å². The molecule has 0 bridgehead atoms. The van der Waals surface area contributed by atoms with Gasteiger partial charge in [-0.3, -0.25) is 9.59 Å². The number of nitrogens with one attached hydrogen (secondary N) is 1. The molecular weight excluding hydrogens is 312 g/mol. The average Bonchev–Trinajstić information content (AvgIpc) is 3.02. The predicted octanol–water partition coefficient (Wildman–Crippen LogP) is 3.55. The van der Waals surface area contributed by atoms with Crippen molar-refractivity contribution < 1.29 is 9.59 Å². The summed E-state index contributed by atoms with van der Waals surface area (Å²) >= 11 is 0. The van der Waals surface area contributed by atoms with E-state index in [0.29, 0.717) is 13.0 Å². The van der Waals surface area contributed by atoms with Gasteiger partial charge >= 0.3 is 0 Å². The number of likely N-dealkylation sites (tertiary alicyclic amines) is 1. The van der Waals surface area contributed by atoms with Crippen LogP contribution in [-0.4, -0.2) is 35.3 Å². The SMILES string of the molecule is C[C@H](CCc1ccccc1)NC(=O)[C@@H]1CCCN1C(=O)CC(C)(C)C. The van der Waals surface area contributed by atoms with Crippen molar-refractivity contribution in [3.05, 3.63) is 35.9 Å². The molecule has 138 valence electrons. The van der Waals surface area contributed by atoms with Crippen LogP contribution in [0.3, 0.4) is 0 Å². The summed E-state index contributed by atoms with van der Waals surface area (Å²) in [4.78, 5) is 26.9. The second-order valence-corrected chi connectivity index (χ2v) is 8.42. The van der Waals surface area contributed by atoms with Crippen LogP contribution in [0.4, 0.5) is 0 Å². The van der Waals surface area contributed by atoms with Gasteiger partial charge in [0.25, 0.3) is 0 Å². The molecule has 1 N–H and O–H groups in total. The van der Waals surface area contributed by atoms with Gasteiger partial charge in [-0.05, 0) is 43.6 Å². The van der Waals surface area contributed by atoms with E-state index in [-0.39, 0.29) is 29.3 Å². The first-order valence-electron chi connectivity index (χ1n) is 9.40. The zero-order valence-corrected chi connectivity index (χ0v) is 16.0. The molecule has 2 amide bonds. The Morgan fingerprint density at radius 3 is 2.56 bits per heavy atom. The molecule has 0 aromatic heterocycles. The second kappa shape index (κ2) is 8.50. The predicted molar refractivity (Wildman–Crippen MR) is 101 cm³/mol. The fraction of sp³-hybridized carbons (Fsp3) is 0.619. The Kier molecular flexibility index (Phi) is 6.63. The molecule has 1 saturated heterocycles. The zero-order chi connectivity index (χ0) is 18.4. The van der Waals surface area contributed by atoms with Gasteiger partial charge in [-0.15, -0.1) is 0 Å². The summed E-state index contributed by atoms with van der Waals surface area (Å²) in [6.07, 6.45) is 4.01. The van der Waals surface area contributed by atoms with Gasteiger partial charge in [0.05, 0.1) is 0 Å². The molecule has 25 heavy (non-hydrogen) atoms. The molecule has 1 fully saturated rings. The number of carbonyl (C=O) groups is 2. The highest BCUT2D eigenvalue weighted by Crippen LogP contribution is 2.25. The van der Waals surface area contributed by atoms with Gasteiger partial charge in [0, 0.05) is 19.0 Å². The lowest BCUT2D eigenvalue weighted by Crippen LogP contribution is -2.48. The minimum absolute atomic E-state index is 0.000297. The van der Waals surface area contributed by atoms with Crippen LogP contribution in [0.15, 0.2) is 30.3 Å². The lowest BCUT2D eigenvalue weighted by atomic mass is 9.91. The van der Waals surface area contributed by atoms with Crippen LogP contribution in [0.5, 0.6) is 0 Å². The number of rotatable bonds is 6. The van der Waals surface area contributed by atoms with E-state index < -0.39 is 0 Å². The Balaban J connectivity index is 1.85. The van der Waals surface area contributed by atoms with E-state index in [1.54, 1.807) is 4.90 Å². The third-order valence-electron chi connectivity index (χ3n) is 4.65. The van der Waals surface area contributed by atoms with E-state index in [4.69, 9.17) is 0 Å². The third-order valence-corrected chi connectivity index (χ3v) is 4.65. The number of hydrogen-bond donors (Lipinski definition) is 1. The first kappa shape index (κ1) is 19.5. The Morgan fingerprint density at radius 1 is 1.24 bits per heavy atom. The summed E-state index contributed by atoms with van der Waals surface area (Å²) in [5.74, 6) is 0.0995. The van der Waals surface area contributed by atoms with Crippen LogP contribution >= 0.6 is 0 Å². The van der Waals surface area contributed by atoms with Crippen molar-refractivity contribution in [2.24, 2.45) is 5.41 Å². The quantitative estimate of drug-likeness (QED) is 0.858. The number of hydrogen-bond acceptors (Lipinski definition) is 2. The summed E-state index contributed by atoms with van der Waals surface area (Å²) in [5, 5.41) is 3.11. The van der Waals surface area contributed by atoms with Gasteiger partial charge in [0.15, 0.2) is 0 Å². The first-order valence-corrected chi connectivity index (χ1v) is 9.40. The molecule has 1 aromatic rings. The van der Waals surface area contributed by atoms with Crippen molar-refractivity contribution in [3.8, 4) is 0 Å². The summed E-state index contributed by atoms with van der Waals surface area (Å²) in [6.45, 7) is 8.91. The van der Waals surface area contributed by atoms with Crippen molar-refractivity contribution in [3.63, 3.8) is 0 Å². The molecule has 0 saturated carbocycles. The molecular formula is C21H32N2O2. The summed E-state index contributed by atoms with van der Waals surface area (Å²) in [7, 11) is 0. The molecule has 1 aliphatic heterocycles. The van der Waals surface area contributed by atoms with Gasteiger partial charge in [-0.1, -0.05) is 51.1 Å².